The lowest BCUT2D eigenvalue weighted by Crippen LogP contribution is -2.53. The molecule has 7 heteroatoms. The first-order chi connectivity index (χ1) is 9.04. The number of hydrogen-bond acceptors (Lipinski definition) is 6. The summed E-state index contributed by atoms with van der Waals surface area (Å²) in [5.74, 6) is -0.0236. The molecule has 2 rings (SSSR count). The van der Waals surface area contributed by atoms with Gasteiger partial charge in [0, 0.05) is 18.7 Å². The van der Waals surface area contributed by atoms with Crippen molar-refractivity contribution in [3.05, 3.63) is 17.0 Å². The lowest BCUT2D eigenvalue weighted by Gasteiger charge is -2.31. The summed E-state index contributed by atoms with van der Waals surface area (Å²) in [5.41, 5.74) is 0.744. The van der Waals surface area contributed by atoms with Gasteiger partial charge >= 0.3 is 5.97 Å². The van der Waals surface area contributed by atoms with E-state index in [1.807, 2.05) is 6.92 Å². The van der Waals surface area contributed by atoms with Gasteiger partial charge in [-0.05, 0) is 13.8 Å². The van der Waals surface area contributed by atoms with Crippen LogP contribution in [0.2, 0.25) is 0 Å². The fourth-order valence-electron chi connectivity index (χ4n) is 2.07. The highest BCUT2D eigenvalue weighted by Gasteiger charge is 2.28. The standard InChI is InChI=1S/C12H17N3O4/c1-7-11(16)15(5-4-13-7)6-9-8(2)19-14-10(9)12(17)18-3/h7,13H,4-6H2,1-3H3. The molecule has 0 saturated carbocycles. The lowest BCUT2D eigenvalue weighted by atomic mass is 10.1. The maximum absolute atomic E-state index is 12.0. The van der Waals surface area contributed by atoms with E-state index in [1.54, 1.807) is 11.8 Å². The third-order valence-corrected chi connectivity index (χ3v) is 3.23. The highest BCUT2D eigenvalue weighted by Crippen LogP contribution is 2.18. The Labute approximate surface area is 110 Å². The maximum Gasteiger partial charge on any atom is 0.360 e. The number of aryl methyl sites for hydroxylation is 1. The minimum Gasteiger partial charge on any atom is -0.464 e. The fourth-order valence-corrected chi connectivity index (χ4v) is 2.07. The molecule has 1 unspecified atom stereocenters. The van der Waals surface area contributed by atoms with Crippen molar-refractivity contribution < 1.29 is 18.8 Å². The molecule has 19 heavy (non-hydrogen) atoms. The molecule has 0 aromatic carbocycles. The van der Waals surface area contributed by atoms with Gasteiger partial charge in [-0.15, -0.1) is 0 Å². The summed E-state index contributed by atoms with van der Waals surface area (Å²) in [6, 6.07) is -0.213. The highest BCUT2D eigenvalue weighted by atomic mass is 16.5. The van der Waals surface area contributed by atoms with E-state index in [4.69, 9.17) is 4.52 Å². The Bertz CT molecular complexity index is 497. The van der Waals surface area contributed by atoms with E-state index in [0.717, 1.165) is 6.54 Å². The summed E-state index contributed by atoms with van der Waals surface area (Å²) < 4.78 is 9.67. The van der Waals surface area contributed by atoms with Gasteiger partial charge in [0.05, 0.1) is 19.7 Å². The third kappa shape index (κ3) is 2.60. The van der Waals surface area contributed by atoms with Crippen LogP contribution in [0.15, 0.2) is 4.52 Å². The molecule has 1 aliphatic rings. The molecule has 0 radical (unpaired) electrons. The number of esters is 1. The number of aromatic nitrogens is 1. The van der Waals surface area contributed by atoms with Crippen molar-refractivity contribution in [3.8, 4) is 0 Å². The zero-order chi connectivity index (χ0) is 14.0. The molecular weight excluding hydrogens is 250 g/mol. The van der Waals surface area contributed by atoms with Gasteiger partial charge in [-0.3, -0.25) is 4.79 Å². The van der Waals surface area contributed by atoms with Gasteiger partial charge in [0.1, 0.15) is 5.76 Å². The number of hydrogen-bond donors (Lipinski definition) is 1. The van der Waals surface area contributed by atoms with Crippen LogP contribution in [0, 0.1) is 6.92 Å². The van der Waals surface area contributed by atoms with Gasteiger partial charge < -0.3 is 19.5 Å². The first-order valence-corrected chi connectivity index (χ1v) is 6.10. The normalized spacial score (nSPS) is 19.6. The summed E-state index contributed by atoms with van der Waals surface area (Å²) in [5, 5.41) is 6.78. The quantitative estimate of drug-likeness (QED) is 0.781. The molecule has 1 amide bonds. The fraction of sp³-hybridized carbons (Fsp3) is 0.583. The van der Waals surface area contributed by atoms with Gasteiger partial charge in [-0.1, -0.05) is 5.16 Å². The number of piperazine rings is 1. The second-order valence-electron chi connectivity index (χ2n) is 4.49. The average Bonchev–Trinajstić information content (AvgIpc) is 2.76. The van der Waals surface area contributed by atoms with E-state index < -0.39 is 5.97 Å². The van der Waals surface area contributed by atoms with E-state index in [1.165, 1.54) is 7.11 Å². The van der Waals surface area contributed by atoms with Crippen LogP contribution in [0.1, 0.15) is 28.7 Å². The van der Waals surface area contributed by atoms with E-state index in [0.29, 0.717) is 24.4 Å². The smallest absolute Gasteiger partial charge is 0.360 e. The second kappa shape index (κ2) is 5.40. The molecular formula is C12H17N3O4. The molecule has 1 fully saturated rings. The van der Waals surface area contributed by atoms with Crippen molar-refractivity contribution in [1.82, 2.24) is 15.4 Å². The molecule has 1 saturated heterocycles. The summed E-state index contributed by atoms with van der Waals surface area (Å²) >= 11 is 0. The molecule has 0 bridgehead atoms. The lowest BCUT2D eigenvalue weighted by molar-refractivity contribution is -0.135. The Hall–Kier alpha value is -1.89. The van der Waals surface area contributed by atoms with Gasteiger partial charge in [0.25, 0.3) is 0 Å². The van der Waals surface area contributed by atoms with E-state index >= 15 is 0 Å². The van der Waals surface area contributed by atoms with Gasteiger partial charge in [0.2, 0.25) is 5.91 Å². The number of carbonyl (C=O) groups is 2. The minimum absolute atomic E-state index is 0.00247. The zero-order valence-corrected chi connectivity index (χ0v) is 11.2. The van der Waals surface area contributed by atoms with Gasteiger partial charge in [-0.2, -0.15) is 0 Å². The number of amides is 1. The summed E-state index contributed by atoms with van der Waals surface area (Å²) in [4.78, 5) is 25.3. The molecule has 104 valence electrons. The van der Waals surface area contributed by atoms with Crippen LogP contribution in [-0.4, -0.2) is 48.2 Å². The molecule has 0 spiro atoms. The Kier molecular flexibility index (Phi) is 3.84. The third-order valence-electron chi connectivity index (χ3n) is 3.23. The van der Waals surface area contributed by atoms with Crippen LogP contribution in [0.5, 0.6) is 0 Å². The topological polar surface area (TPSA) is 84.7 Å². The van der Waals surface area contributed by atoms with E-state index in [-0.39, 0.29) is 17.6 Å². The number of rotatable bonds is 3. The molecule has 2 heterocycles. The molecule has 1 atom stereocenters. The van der Waals surface area contributed by atoms with Crippen molar-refractivity contribution in [2.24, 2.45) is 0 Å². The number of methoxy groups -OCH3 is 1. The number of nitrogens with one attached hydrogen (secondary N) is 1. The molecule has 1 aromatic heterocycles. The van der Waals surface area contributed by atoms with Crippen LogP contribution in [0.4, 0.5) is 0 Å². The van der Waals surface area contributed by atoms with Crippen molar-refractivity contribution >= 4 is 11.9 Å². The SMILES string of the molecule is COC(=O)c1noc(C)c1CN1CCNC(C)C1=O. The predicted molar refractivity (Wildman–Crippen MR) is 65.5 cm³/mol. The zero-order valence-electron chi connectivity index (χ0n) is 11.2. The monoisotopic (exact) mass is 267 g/mol. The van der Waals surface area contributed by atoms with Crippen LogP contribution in [-0.2, 0) is 16.1 Å². The van der Waals surface area contributed by atoms with Crippen molar-refractivity contribution in [2.45, 2.75) is 26.4 Å². The highest BCUT2D eigenvalue weighted by molar-refractivity contribution is 5.89. The van der Waals surface area contributed by atoms with Crippen molar-refractivity contribution in [1.29, 1.82) is 0 Å². The molecule has 7 nitrogen and oxygen atoms in total. The van der Waals surface area contributed by atoms with Crippen molar-refractivity contribution in [3.63, 3.8) is 0 Å². The largest absolute Gasteiger partial charge is 0.464 e. The Morgan fingerprint density at radius 1 is 1.63 bits per heavy atom. The Morgan fingerprint density at radius 2 is 2.37 bits per heavy atom. The number of ether oxygens (including phenoxy) is 1. The van der Waals surface area contributed by atoms with Gasteiger partial charge in [0.15, 0.2) is 5.69 Å². The van der Waals surface area contributed by atoms with Gasteiger partial charge in [-0.25, -0.2) is 4.79 Å². The first-order valence-electron chi connectivity index (χ1n) is 6.10. The van der Waals surface area contributed by atoms with Crippen LogP contribution < -0.4 is 5.32 Å². The molecule has 1 aliphatic heterocycles. The minimum atomic E-state index is -0.553. The van der Waals surface area contributed by atoms with Crippen LogP contribution in [0.3, 0.4) is 0 Å². The van der Waals surface area contributed by atoms with Crippen LogP contribution >= 0.6 is 0 Å². The Balaban J connectivity index is 2.21. The second-order valence-corrected chi connectivity index (χ2v) is 4.49. The molecule has 1 aromatic rings. The summed E-state index contributed by atoms with van der Waals surface area (Å²) in [6.45, 7) is 5.16. The summed E-state index contributed by atoms with van der Waals surface area (Å²) in [7, 11) is 1.29. The van der Waals surface area contributed by atoms with E-state index in [9.17, 15) is 9.59 Å². The first kappa shape index (κ1) is 13.5. The molecule has 0 aliphatic carbocycles. The van der Waals surface area contributed by atoms with Crippen molar-refractivity contribution in [2.75, 3.05) is 20.2 Å². The van der Waals surface area contributed by atoms with Crippen LogP contribution in [0.25, 0.3) is 0 Å². The Morgan fingerprint density at radius 3 is 3.05 bits per heavy atom. The summed E-state index contributed by atoms with van der Waals surface area (Å²) in [6.07, 6.45) is 0. The van der Waals surface area contributed by atoms with E-state index in [2.05, 4.69) is 15.2 Å². The number of carbonyl (C=O) groups excluding carboxylic acids is 2. The molecule has 1 N–H and O–H groups in total. The maximum atomic E-state index is 12.0. The predicted octanol–water partition coefficient (Wildman–Crippen LogP) is 0.0899. The number of nitrogens with zero attached hydrogens (tertiary/aromatic N) is 2. The average molecular weight is 267 g/mol.